The van der Waals surface area contributed by atoms with E-state index in [1.165, 1.54) is 27.4 Å². The standard InChI is InChI=1S/C13H16O8/c1-18-6-5-7(19-2)10(20-3)9(8(6)12(14)15)11(21-4)13(16)17/h5,11H,1-4H3,(H,14,15)(H,16,17). The molecule has 2 N–H and O–H groups in total. The molecule has 0 aliphatic heterocycles. The van der Waals surface area contributed by atoms with E-state index >= 15 is 0 Å². The monoisotopic (exact) mass is 300 g/mol. The van der Waals surface area contributed by atoms with E-state index in [4.69, 9.17) is 18.9 Å². The first-order chi connectivity index (χ1) is 9.92. The molecule has 0 aliphatic rings. The molecule has 116 valence electrons. The van der Waals surface area contributed by atoms with Crippen molar-refractivity contribution in [3.63, 3.8) is 0 Å². The molecule has 21 heavy (non-hydrogen) atoms. The molecule has 8 heteroatoms. The van der Waals surface area contributed by atoms with Crippen molar-refractivity contribution in [3.05, 3.63) is 17.2 Å². The second-order valence-electron chi connectivity index (χ2n) is 3.86. The first-order valence-corrected chi connectivity index (χ1v) is 5.74. The van der Waals surface area contributed by atoms with E-state index in [2.05, 4.69) is 0 Å². The lowest BCUT2D eigenvalue weighted by Crippen LogP contribution is -2.19. The predicted octanol–water partition coefficient (Wildman–Crippen LogP) is 1.18. The molecule has 1 aromatic rings. The number of benzene rings is 1. The number of methoxy groups -OCH3 is 4. The zero-order valence-corrected chi connectivity index (χ0v) is 12.0. The van der Waals surface area contributed by atoms with E-state index in [0.717, 1.165) is 7.11 Å². The van der Waals surface area contributed by atoms with E-state index in [9.17, 15) is 19.8 Å². The summed E-state index contributed by atoms with van der Waals surface area (Å²) in [6.45, 7) is 0. The van der Waals surface area contributed by atoms with Crippen molar-refractivity contribution in [2.24, 2.45) is 0 Å². The van der Waals surface area contributed by atoms with E-state index in [0.29, 0.717) is 0 Å². The van der Waals surface area contributed by atoms with Gasteiger partial charge in [0.25, 0.3) is 0 Å². The lowest BCUT2D eigenvalue weighted by Gasteiger charge is -2.21. The third-order valence-corrected chi connectivity index (χ3v) is 2.83. The first kappa shape index (κ1) is 16.6. The van der Waals surface area contributed by atoms with Crippen molar-refractivity contribution in [1.29, 1.82) is 0 Å². The van der Waals surface area contributed by atoms with Gasteiger partial charge in [-0.15, -0.1) is 0 Å². The van der Waals surface area contributed by atoms with Crippen molar-refractivity contribution in [2.45, 2.75) is 6.10 Å². The molecule has 0 radical (unpaired) electrons. The van der Waals surface area contributed by atoms with E-state index in [-0.39, 0.29) is 28.4 Å². The molecule has 1 unspecified atom stereocenters. The Bertz CT molecular complexity index is 552. The van der Waals surface area contributed by atoms with Gasteiger partial charge < -0.3 is 29.2 Å². The zero-order chi connectivity index (χ0) is 16.2. The molecule has 0 aliphatic carbocycles. The SMILES string of the molecule is COc1cc(OC)c(C(=O)O)c(C(OC)C(=O)O)c1OC. The van der Waals surface area contributed by atoms with E-state index < -0.39 is 18.0 Å². The zero-order valence-electron chi connectivity index (χ0n) is 12.0. The minimum Gasteiger partial charge on any atom is -0.496 e. The maximum Gasteiger partial charge on any atom is 0.340 e. The van der Waals surface area contributed by atoms with Gasteiger partial charge in [0.05, 0.1) is 26.9 Å². The molecule has 1 atom stereocenters. The number of aliphatic carboxylic acids is 1. The summed E-state index contributed by atoms with van der Waals surface area (Å²) in [5.41, 5.74) is -0.541. The van der Waals surface area contributed by atoms with Crippen LogP contribution in [-0.2, 0) is 9.53 Å². The van der Waals surface area contributed by atoms with Crippen LogP contribution in [0.3, 0.4) is 0 Å². The Kier molecular flexibility index (Phi) is 5.37. The van der Waals surface area contributed by atoms with Gasteiger partial charge in [-0.25, -0.2) is 9.59 Å². The highest BCUT2D eigenvalue weighted by Gasteiger charge is 2.34. The highest BCUT2D eigenvalue weighted by molar-refractivity contribution is 5.96. The van der Waals surface area contributed by atoms with Gasteiger partial charge in [-0.1, -0.05) is 0 Å². The summed E-state index contributed by atoms with van der Waals surface area (Å²) >= 11 is 0. The molecule has 0 saturated heterocycles. The molecule has 0 amide bonds. The van der Waals surface area contributed by atoms with Gasteiger partial charge >= 0.3 is 11.9 Å². The molecule has 0 spiro atoms. The number of carboxylic acids is 2. The van der Waals surface area contributed by atoms with Gasteiger partial charge in [-0.05, 0) is 0 Å². The molecule has 0 saturated carbocycles. The average Bonchev–Trinajstić information content (AvgIpc) is 2.45. The quantitative estimate of drug-likeness (QED) is 0.772. The third kappa shape index (κ3) is 3.00. The van der Waals surface area contributed by atoms with Crippen LogP contribution in [0.15, 0.2) is 6.07 Å². The fourth-order valence-electron chi connectivity index (χ4n) is 1.97. The third-order valence-electron chi connectivity index (χ3n) is 2.83. The van der Waals surface area contributed by atoms with Crippen molar-refractivity contribution >= 4 is 11.9 Å². The molecule has 0 fully saturated rings. The summed E-state index contributed by atoms with van der Waals surface area (Å²) in [5, 5.41) is 18.6. The maximum atomic E-state index is 11.5. The Morgan fingerprint density at radius 1 is 1.00 bits per heavy atom. The van der Waals surface area contributed by atoms with Crippen LogP contribution in [0.25, 0.3) is 0 Å². The lowest BCUT2D eigenvalue weighted by molar-refractivity contribution is -0.149. The van der Waals surface area contributed by atoms with Crippen LogP contribution in [0.5, 0.6) is 17.2 Å². The summed E-state index contributed by atoms with van der Waals surface area (Å²) in [6.07, 6.45) is -1.55. The van der Waals surface area contributed by atoms with Crippen molar-refractivity contribution in [1.82, 2.24) is 0 Å². The average molecular weight is 300 g/mol. The molecular weight excluding hydrogens is 284 g/mol. The van der Waals surface area contributed by atoms with Gasteiger partial charge in [0, 0.05) is 13.2 Å². The summed E-state index contributed by atoms with van der Waals surface area (Å²) in [6, 6.07) is 1.31. The highest BCUT2D eigenvalue weighted by Crippen LogP contribution is 2.43. The summed E-state index contributed by atoms with van der Waals surface area (Å²) in [5.74, 6) is -2.69. The number of carboxylic acid groups (broad SMARTS) is 2. The van der Waals surface area contributed by atoms with Crippen molar-refractivity contribution < 1.29 is 38.7 Å². The van der Waals surface area contributed by atoms with Gasteiger partial charge in [-0.3, -0.25) is 0 Å². The molecule has 0 aromatic heterocycles. The smallest absolute Gasteiger partial charge is 0.340 e. The van der Waals surface area contributed by atoms with Crippen LogP contribution in [0.1, 0.15) is 22.0 Å². The minimum atomic E-state index is -1.55. The number of ether oxygens (including phenoxy) is 4. The second kappa shape index (κ2) is 6.80. The Morgan fingerprint density at radius 2 is 1.57 bits per heavy atom. The molecule has 8 nitrogen and oxygen atoms in total. The molecule has 0 heterocycles. The number of hydrogen-bond donors (Lipinski definition) is 2. The van der Waals surface area contributed by atoms with Crippen LogP contribution < -0.4 is 14.2 Å². The number of carbonyl (C=O) groups is 2. The van der Waals surface area contributed by atoms with E-state index in [1.807, 2.05) is 0 Å². The highest BCUT2D eigenvalue weighted by atomic mass is 16.5. The minimum absolute atomic E-state index is 0.0371. The van der Waals surface area contributed by atoms with Crippen molar-refractivity contribution in [3.8, 4) is 17.2 Å². The topological polar surface area (TPSA) is 112 Å². The molecule has 0 bridgehead atoms. The Morgan fingerprint density at radius 3 is 1.90 bits per heavy atom. The normalized spacial score (nSPS) is 11.6. The number of rotatable bonds is 7. The van der Waals surface area contributed by atoms with Crippen LogP contribution in [0, 0.1) is 0 Å². The van der Waals surface area contributed by atoms with Gasteiger partial charge in [0.2, 0.25) is 0 Å². The van der Waals surface area contributed by atoms with Crippen molar-refractivity contribution in [2.75, 3.05) is 28.4 Å². The summed E-state index contributed by atoms with van der Waals surface area (Å²) in [7, 11) is 5.02. The molecule has 1 aromatic carbocycles. The molecule has 1 rings (SSSR count). The Balaban J connectivity index is 3.83. The number of hydrogen-bond acceptors (Lipinski definition) is 6. The van der Waals surface area contributed by atoms with Crippen LogP contribution >= 0.6 is 0 Å². The van der Waals surface area contributed by atoms with E-state index in [1.54, 1.807) is 0 Å². The summed E-state index contributed by atoms with van der Waals surface area (Å²) < 4.78 is 20.1. The van der Waals surface area contributed by atoms with Gasteiger partial charge in [0.1, 0.15) is 11.3 Å². The van der Waals surface area contributed by atoms with Crippen LogP contribution in [-0.4, -0.2) is 50.6 Å². The fourth-order valence-corrected chi connectivity index (χ4v) is 1.97. The lowest BCUT2D eigenvalue weighted by atomic mass is 9.98. The van der Waals surface area contributed by atoms with Gasteiger partial charge in [-0.2, -0.15) is 0 Å². The number of aromatic carboxylic acids is 1. The predicted molar refractivity (Wildman–Crippen MR) is 70.4 cm³/mol. The largest absolute Gasteiger partial charge is 0.496 e. The fraction of sp³-hybridized carbons (Fsp3) is 0.385. The Hall–Kier alpha value is -2.48. The second-order valence-corrected chi connectivity index (χ2v) is 3.86. The Labute approximate surface area is 120 Å². The first-order valence-electron chi connectivity index (χ1n) is 5.74. The molecular formula is C13H16O8. The van der Waals surface area contributed by atoms with Crippen LogP contribution in [0.2, 0.25) is 0 Å². The summed E-state index contributed by atoms with van der Waals surface area (Å²) in [4.78, 5) is 22.8. The van der Waals surface area contributed by atoms with Crippen LogP contribution in [0.4, 0.5) is 0 Å². The van der Waals surface area contributed by atoms with Gasteiger partial charge in [0.15, 0.2) is 17.6 Å². The maximum absolute atomic E-state index is 11.5.